The third kappa shape index (κ3) is 7.24. The highest BCUT2D eigenvalue weighted by Gasteiger charge is 2.13. The summed E-state index contributed by atoms with van der Waals surface area (Å²) < 4.78 is 10.3. The summed E-state index contributed by atoms with van der Waals surface area (Å²) in [5.74, 6) is -1.61. The number of methoxy groups -OCH3 is 1. The van der Waals surface area contributed by atoms with Crippen molar-refractivity contribution in [1.82, 2.24) is 4.90 Å². The molecular formula is C24H28N2O6. The van der Waals surface area contributed by atoms with Crippen LogP contribution in [0.4, 0.5) is 5.69 Å². The zero-order valence-electron chi connectivity index (χ0n) is 18.5. The van der Waals surface area contributed by atoms with Gasteiger partial charge in [-0.2, -0.15) is 0 Å². The Morgan fingerprint density at radius 2 is 1.56 bits per heavy atom. The number of carboxylic acids is 1. The summed E-state index contributed by atoms with van der Waals surface area (Å²) in [7, 11) is 1.51. The van der Waals surface area contributed by atoms with E-state index in [0.717, 1.165) is 19.2 Å². The summed E-state index contributed by atoms with van der Waals surface area (Å²) in [5, 5.41) is 12.2. The molecule has 170 valence electrons. The molecule has 0 atom stereocenters. The van der Waals surface area contributed by atoms with E-state index in [-0.39, 0.29) is 5.70 Å². The van der Waals surface area contributed by atoms with Gasteiger partial charge in [-0.05, 0) is 61.6 Å². The minimum absolute atomic E-state index is 0.291. The second-order valence-corrected chi connectivity index (χ2v) is 6.82. The number of rotatable bonds is 12. The maximum absolute atomic E-state index is 12.4. The first kappa shape index (κ1) is 24.6. The van der Waals surface area contributed by atoms with Crippen molar-refractivity contribution in [2.45, 2.75) is 13.8 Å². The van der Waals surface area contributed by atoms with Crippen molar-refractivity contribution in [3.05, 3.63) is 71.4 Å². The molecule has 2 N–H and O–H groups in total. The van der Waals surface area contributed by atoms with Gasteiger partial charge in [0.25, 0.3) is 0 Å². The van der Waals surface area contributed by atoms with Gasteiger partial charge in [-0.1, -0.05) is 13.8 Å². The van der Waals surface area contributed by atoms with Crippen LogP contribution in [0.5, 0.6) is 5.75 Å². The molecule has 0 fully saturated rings. The lowest BCUT2D eigenvalue weighted by Gasteiger charge is -2.17. The normalized spacial score (nSPS) is 11.2. The fourth-order valence-corrected chi connectivity index (χ4v) is 2.86. The van der Waals surface area contributed by atoms with Crippen LogP contribution in [-0.2, 0) is 9.53 Å². The predicted molar refractivity (Wildman–Crippen MR) is 121 cm³/mol. The van der Waals surface area contributed by atoms with Gasteiger partial charge in [0.05, 0.1) is 12.7 Å². The second kappa shape index (κ2) is 12.3. The molecule has 2 rings (SSSR count). The zero-order valence-corrected chi connectivity index (χ0v) is 18.5. The third-order valence-corrected chi connectivity index (χ3v) is 4.82. The van der Waals surface area contributed by atoms with E-state index in [4.69, 9.17) is 9.47 Å². The average Bonchev–Trinajstić information content (AvgIpc) is 2.81. The van der Waals surface area contributed by atoms with E-state index in [0.29, 0.717) is 35.7 Å². The van der Waals surface area contributed by atoms with Crippen LogP contribution in [0.25, 0.3) is 0 Å². The van der Waals surface area contributed by atoms with Gasteiger partial charge < -0.3 is 24.8 Å². The lowest BCUT2D eigenvalue weighted by Crippen LogP contribution is -2.27. The molecule has 0 aliphatic rings. The highest BCUT2D eigenvalue weighted by atomic mass is 16.5. The fourth-order valence-electron chi connectivity index (χ4n) is 2.86. The molecule has 2 aromatic rings. The molecule has 0 aromatic heterocycles. The number of allylic oxidation sites excluding steroid dienone is 1. The number of hydrogen-bond acceptors (Lipinski definition) is 7. The number of anilines is 1. The van der Waals surface area contributed by atoms with E-state index in [2.05, 4.69) is 10.2 Å². The third-order valence-electron chi connectivity index (χ3n) is 4.82. The summed E-state index contributed by atoms with van der Waals surface area (Å²) >= 11 is 0. The van der Waals surface area contributed by atoms with Crippen LogP contribution in [0.2, 0.25) is 0 Å². The molecule has 0 amide bonds. The monoisotopic (exact) mass is 440 g/mol. The average molecular weight is 440 g/mol. The number of ketones is 1. The fraction of sp³-hybridized carbons (Fsp3) is 0.292. The maximum Gasteiger partial charge on any atom is 0.352 e. The second-order valence-electron chi connectivity index (χ2n) is 6.82. The van der Waals surface area contributed by atoms with Crippen molar-refractivity contribution in [2.75, 3.05) is 38.7 Å². The lowest BCUT2D eigenvalue weighted by atomic mass is 10.1. The molecular weight excluding hydrogens is 412 g/mol. The summed E-state index contributed by atoms with van der Waals surface area (Å²) in [5.41, 5.74) is 0.806. The van der Waals surface area contributed by atoms with Gasteiger partial charge in [-0.15, -0.1) is 0 Å². The number of nitrogens with one attached hydrogen (secondary N) is 1. The Kier molecular flexibility index (Phi) is 9.43. The van der Waals surface area contributed by atoms with Crippen LogP contribution in [0.3, 0.4) is 0 Å². The molecule has 0 bridgehead atoms. The number of likely N-dealkylation sites (N-methyl/N-ethyl adjacent to an activating group) is 1. The summed E-state index contributed by atoms with van der Waals surface area (Å²) in [6.07, 6.45) is 1.01. The van der Waals surface area contributed by atoms with E-state index in [1.54, 1.807) is 36.4 Å². The molecule has 2 aromatic carbocycles. The van der Waals surface area contributed by atoms with Gasteiger partial charge in [-0.3, -0.25) is 4.79 Å². The SMILES string of the molecule is CCN(CC)CCOC(=O)c1ccc(N/C(=C\C(=O)c2ccc(OC)cc2)C(=O)O)cc1. The lowest BCUT2D eigenvalue weighted by molar-refractivity contribution is -0.132. The van der Waals surface area contributed by atoms with Gasteiger partial charge in [0.2, 0.25) is 0 Å². The van der Waals surface area contributed by atoms with Crippen LogP contribution in [-0.4, -0.2) is 61.1 Å². The number of hydrogen-bond donors (Lipinski definition) is 2. The number of carbonyl (C=O) groups is 3. The molecule has 0 aliphatic heterocycles. The van der Waals surface area contributed by atoms with Crippen LogP contribution < -0.4 is 10.1 Å². The number of ether oxygens (including phenoxy) is 2. The van der Waals surface area contributed by atoms with Gasteiger partial charge in [0.15, 0.2) is 5.78 Å². The smallest absolute Gasteiger partial charge is 0.352 e. The number of nitrogens with zero attached hydrogens (tertiary/aromatic N) is 1. The molecule has 8 heteroatoms. The summed E-state index contributed by atoms with van der Waals surface area (Å²) in [4.78, 5) is 38.3. The number of aliphatic carboxylic acids is 1. The Balaban J connectivity index is 2.02. The van der Waals surface area contributed by atoms with Crippen molar-refractivity contribution >= 4 is 23.4 Å². The largest absolute Gasteiger partial charge is 0.497 e. The highest BCUT2D eigenvalue weighted by Crippen LogP contribution is 2.16. The van der Waals surface area contributed by atoms with Gasteiger partial charge in [-0.25, -0.2) is 9.59 Å². The Labute approximate surface area is 187 Å². The van der Waals surface area contributed by atoms with Gasteiger partial charge >= 0.3 is 11.9 Å². The molecule has 0 radical (unpaired) electrons. The zero-order chi connectivity index (χ0) is 23.5. The maximum atomic E-state index is 12.4. The number of esters is 1. The minimum atomic E-state index is -1.29. The molecule has 32 heavy (non-hydrogen) atoms. The first-order valence-corrected chi connectivity index (χ1v) is 10.3. The molecule has 8 nitrogen and oxygen atoms in total. The molecule has 0 spiro atoms. The standard InChI is InChI=1S/C24H28N2O6/c1-4-26(5-2)14-15-32-24(30)18-6-10-19(11-7-18)25-21(23(28)29)16-22(27)17-8-12-20(31-3)13-9-17/h6-13,16,25H,4-5,14-15H2,1-3H3,(H,28,29)/b21-16-. The molecule has 0 saturated heterocycles. The van der Waals surface area contributed by atoms with E-state index in [9.17, 15) is 19.5 Å². The molecule has 0 heterocycles. The van der Waals surface area contributed by atoms with Crippen LogP contribution >= 0.6 is 0 Å². The quantitative estimate of drug-likeness (QED) is 0.294. The Morgan fingerprint density at radius 3 is 2.09 bits per heavy atom. The Morgan fingerprint density at radius 1 is 0.969 bits per heavy atom. The van der Waals surface area contributed by atoms with Crippen LogP contribution in [0.15, 0.2) is 60.3 Å². The minimum Gasteiger partial charge on any atom is -0.497 e. The number of benzene rings is 2. The van der Waals surface area contributed by atoms with E-state index in [1.165, 1.54) is 19.2 Å². The van der Waals surface area contributed by atoms with E-state index >= 15 is 0 Å². The van der Waals surface area contributed by atoms with Crippen LogP contribution in [0, 0.1) is 0 Å². The van der Waals surface area contributed by atoms with E-state index < -0.39 is 17.7 Å². The summed E-state index contributed by atoms with van der Waals surface area (Å²) in [6, 6.07) is 12.5. The van der Waals surface area contributed by atoms with E-state index in [1.807, 2.05) is 13.8 Å². The highest BCUT2D eigenvalue weighted by molar-refractivity contribution is 6.09. The first-order chi connectivity index (χ1) is 15.4. The topological polar surface area (TPSA) is 105 Å². The van der Waals surface area contributed by atoms with Crippen LogP contribution in [0.1, 0.15) is 34.6 Å². The van der Waals surface area contributed by atoms with Gasteiger partial charge in [0, 0.05) is 23.9 Å². The van der Waals surface area contributed by atoms with Crippen molar-refractivity contribution in [2.24, 2.45) is 0 Å². The van der Waals surface area contributed by atoms with Crippen molar-refractivity contribution in [1.29, 1.82) is 0 Å². The van der Waals surface area contributed by atoms with Crippen molar-refractivity contribution in [3.8, 4) is 5.75 Å². The molecule has 0 unspecified atom stereocenters. The Bertz CT molecular complexity index is 947. The van der Waals surface area contributed by atoms with Crippen molar-refractivity contribution in [3.63, 3.8) is 0 Å². The molecule has 0 aliphatic carbocycles. The number of carbonyl (C=O) groups excluding carboxylic acids is 2. The Hall–Kier alpha value is -3.65. The predicted octanol–water partition coefficient (Wildman–Crippen LogP) is 3.46. The summed E-state index contributed by atoms with van der Waals surface area (Å²) in [6.45, 7) is 6.81. The van der Waals surface area contributed by atoms with Crippen molar-refractivity contribution < 1.29 is 29.0 Å². The van der Waals surface area contributed by atoms with Gasteiger partial charge in [0.1, 0.15) is 18.1 Å². The number of carboxylic acid groups (broad SMARTS) is 1. The molecule has 0 saturated carbocycles. The first-order valence-electron chi connectivity index (χ1n) is 10.3.